The van der Waals surface area contributed by atoms with Crippen molar-refractivity contribution in [1.82, 2.24) is 4.90 Å². The molecule has 2 N–H and O–H groups in total. The van der Waals surface area contributed by atoms with Gasteiger partial charge < -0.3 is 20.4 Å². The number of nitrogens with zero attached hydrogens (tertiary/aromatic N) is 2. The van der Waals surface area contributed by atoms with E-state index in [2.05, 4.69) is 10.6 Å². The molecule has 0 aliphatic carbocycles. The summed E-state index contributed by atoms with van der Waals surface area (Å²) < 4.78 is 0. The van der Waals surface area contributed by atoms with Crippen LogP contribution in [0.25, 0.3) is 0 Å². The number of amides is 3. The summed E-state index contributed by atoms with van der Waals surface area (Å²) in [5.41, 5.74) is 2.76. The van der Waals surface area contributed by atoms with E-state index in [0.29, 0.717) is 11.3 Å². The number of anilines is 3. The molecule has 1 aliphatic heterocycles. The Labute approximate surface area is 170 Å². The summed E-state index contributed by atoms with van der Waals surface area (Å²) in [4.78, 5) is 39.5. The number of likely N-dealkylation sites (tertiary alicyclic amines) is 1. The van der Waals surface area contributed by atoms with E-state index in [1.54, 1.807) is 43.4 Å². The molecule has 1 aliphatic rings. The first kappa shape index (κ1) is 20.4. The molecule has 0 aromatic heterocycles. The lowest BCUT2D eigenvalue weighted by Gasteiger charge is -2.16. The van der Waals surface area contributed by atoms with E-state index in [1.807, 2.05) is 17.0 Å². The molecule has 0 unspecified atom stereocenters. The third-order valence-corrected chi connectivity index (χ3v) is 4.97. The van der Waals surface area contributed by atoms with Gasteiger partial charge in [-0.25, -0.2) is 0 Å². The molecule has 3 amide bonds. The predicted octanol–water partition coefficient (Wildman–Crippen LogP) is 2.96. The number of benzene rings is 2. The van der Waals surface area contributed by atoms with E-state index in [1.165, 1.54) is 11.8 Å². The smallest absolute Gasteiger partial charge is 0.253 e. The van der Waals surface area contributed by atoms with Crippen LogP contribution in [0, 0.1) is 0 Å². The summed E-state index contributed by atoms with van der Waals surface area (Å²) >= 11 is 0. The van der Waals surface area contributed by atoms with Crippen LogP contribution in [0.3, 0.4) is 0 Å². The first-order valence-corrected chi connectivity index (χ1v) is 9.71. The number of nitrogens with one attached hydrogen (secondary N) is 2. The average molecular weight is 394 g/mol. The largest absolute Gasteiger partial charge is 0.376 e. The zero-order valence-corrected chi connectivity index (χ0v) is 16.8. The van der Waals surface area contributed by atoms with Crippen LogP contribution in [-0.2, 0) is 9.59 Å². The second kappa shape index (κ2) is 9.23. The Hall–Kier alpha value is -3.35. The maximum atomic E-state index is 12.5. The Morgan fingerprint density at radius 3 is 2.34 bits per heavy atom. The van der Waals surface area contributed by atoms with E-state index in [9.17, 15) is 14.4 Å². The molecule has 0 atom stereocenters. The third kappa shape index (κ3) is 5.34. The highest BCUT2D eigenvalue weighted by Gasteiger charge is 2.19. The Morgan fingerprint density at radius 2 is 1.69 bits per heavy atom. The first-order valence-electron chi connectivity index (χ1n) is 9.71. The Morgan fingerprint density at radius 1 is 1.00 bits per heavy atom. The van der Waals surface area contributed by atoms with Gasteiger partial charge in [0.05, 0.1) is 6.54 Å². The standard InChI is InChI=1S/C22H26N4O3/c1-16(27)25(2)20-10-8-18(9-11-20)24-21(28)15-23-19-7-5-6-17(14-19)22(29)26-12-3-4-13-26/h5-11,14,23H,3-4,12-13,15H2,1-2H3,(H,24,28). The van der Waals surface area contributed by atoms with E-state index < -0.39 is 0 Å². The Kier molecular flexibility index (Phi) is 6.49. The zero-order chi connectivity index (χ0) is 20.8. The lowest BCUT2D eigenvalue weighted by atomic mass is 10.1. The van der Waals surface area contributed by atoms with Gasteiger partial charge in [-0.1, -0.05) is 6.07 Å². The maximum Gasteiger partial charge on any atom is 0.253 e. The highest BCUT2D eigenvalue weighted by atomic mass is 16.2. The minimum Gasteiger partial charge on any atom is -0.376 e. The second-order valence-electron chi connectivity index (χ2n) is 7.11. The SMILES string of the molecule is CC(=O)N(C)c1ccc(NC(=O)CNc2cccc(C(=O)N3CCCC3)c2)cc1. The average Bonchev–Trinajstić information content (AvgIpc) is 3.27. The molecule has 7 heteroatoms. The van der Waals surface area contributed by atoms with Crippen molar-refractivity contribution in [2.75, 3.05) is 42.2 Å². The Balaban J connectivity index is 1.53. The molecule has 0 spiro atoms. The van der Waals surface area contributed by atoms with E-state index in [4.69, 9.17) is 0 Å². The van der Waals surface area contributed by atoms with Crippen molar-refractivity contribution in [3.05, 3.63) is 54.1 Å². The molecule has 0 saturated carbocycles. The second-order valence-corrected chi connectivity index (χ2v) is 7.11. The number of carbonyl (C=O) groups is 3. The van der Waals surface area contributed by atoms with Crippen LogP contribution in [0.4, 0.5) is 17.1 Å². The van der Waals surface area contributed by atoms with Crippen LogP contribution in [0.2, 0.25) is 0 Å². The Bertz CT molecular complexity index is 889. The molecule has 3 rings (SSSR count). The molecular formula is C22H26N4O3. The van der Waals surface area contributed by atoms with E-state index in [0.717, 1.165) is 37.3 Å². The van der Waals surface area contributed by atoms with Crippen LogP contribution in [0.1, 0.15) is 30.1 Å². The van der Waals surface area contributed by atoms with Gasteiger partial charge in [-0.05, 0) is 55.3 Å². The molecule has 0 radical (unpaired) electrons. The van der Waals surface area contributed by atoms with Crippen LogP contribution >= 0.6 is 0 Å². The van der Waals surface area contributed by atoms with Gasteiger partial charge in [0.15, 0.2) is 0 Å². The predicted molar refractivity (Wildman–Crippen MR) is 114 cm³/mol. The summed E-state index contributed by atoms with van der Waals surface area (Å²) in [6, 6.07) is 14.3. The molecule has 29 heavy (non-hydrogen) atoms. The zero-order valence-electron chi connectivity index (χ0n) is 16.8. The number of hydrogen-bond acceptors (Lipinski definition) is 4. The fraction of sp³-hybridized carbons (Fsp3) is 0.318. The third-order valence-electron chi connectivity index (χ3n) is 4.97. The van der Waals surface area contributed by atoms with Crippen molar-refractivity contribution in [1.29, 1.82) is 0 Å². The molecule has 152 valence electrons. The molecule has 2 aromatic carbocycles. The highest BCUT2D eigenvalue weighted by Crippen LogP contribution is 2.18. The number of hydrogen-bond donors (Lipinski definition) is 2. The minimum atomic E-state index is -0.200. The lowest BCUT2D eigenvalue weighted by molar-refractivity contribution is -0.116. The van der Waals surface area contributed by atoms with Gasteiger partial charge in [-0.2, -0.15) is 0 Å². The van der Waals surface area contributed by atoms with Crippen molar-refractivity contribution < 1.29 is 14.4 Å². The maximum absolute atomic E-state index is 12.5. The summed E-state index contributed by atoms with van der Waals surface area (Å²) in [5, 5.41) is 5.87. The quantitative estimate of drug-likeness (QED) is 0.789. The van der Waals surface area contributed by atoms with Crippen LogP contribution in [-0.4, -0.2) is 49.3 Å². The van der Waals surface area contributed by atoms with Gasteiger partial charge in [0.2, 0.25) is 11.8 Å². The topological polar surface area (TPSA) is 81.8 Å². The summed E-state index contributed by atoms with van der Waals surface area (Å²) in [7, 11) is 1.70. The van der Waals surface area contributed by atoms with Crippen LogP contribution < -0.4 is 15.5 Å². The molecule has 1 saturated heterocycles. The van der Waals surface area contributed by atoms with Crippen molar-refractivity contribution in [3.63, 3.8) is 0 Å². The van der Waals surface area contributed by atoms with Crippen molar-refractivity contribution in [3.8, 4) is 0 Å². The van der Waals surface area contributed by atoms with Crippen LogP contribution in [0.5, 0.6) is 0 Å². The fourth-order valence-electron chi connectivity index (χ4n) is 3.20. The molecule has 0 bridgehead atoms. The van der Waals surface area contributed by atoms with Gasteiger partial charge in [-0.15, -0.1) is 0 Å². The minimum absolute atomic E-state index is 0.0335. The number of rotatable bonds is 6. The van der Waals surface area contributed by atoms with Crippen molar-refractivity contribution in [2.24, 2.45) is 0 Å². The summed E-state index contributed by atoms with van der Waals surface area (Å²) in [5.74, 6) is -0.225. The number of carbonyl (C=O) groups excluding carboxylic acids is 3. The van der Waals surface area contributed by atoms with Crippen LogP contribution in [0.15, 0.2) is 48.5 Å². The molecule has 1 fully saturated rings. The fourth-order valence-corrected chi connectivity index (χ4v) is 3.20. The van der Waals surface area contributed by atoms with Crippen molar-refractivity contribution >= 4 is 34.8 Å². The van der Waals surface area contributed by atoms with Gasteiger partial charge in [0.25, 0.3) is 5.91 Å². The van der Waals surface area contributed by atoms with E-state index in [-0.39, 0.29) is 24.3 Å². The lowest BCUT2D eigenvalue weighted by Crippen LogP contribution is -2.27. The molecule has 1 heterocycles. The molecule has 7 nitrogen and oxygen atoms in total. The normalized spacial score (nSPS) is 13.1. The van der Waals surface area contributed by atoms with Gasteiger partial charge >= 0.3 is 0 Å². The summed E-state index contributed by atoms with van der Waals surface area (Å²) in [6.07, 6.45) is 2.10. The highest BCUT2D eigenvalue weighted by molar-refractivity contribution is 5.96. The van der Waals surface area contributed by atoms with Gasteiger partial charge in [0, 0.05) is 49.7 Å². The van der Waals surface area contributed by atoms with Gasteiger partial charge in [0.1, 0.15) is 0 Å². The monoisotopic (exact) mass is 394 g/mol. The van der Waals surface area contributed by atoms with Crippen molar-refractivity contribution in [2.45, 2.75) is 19.8 Å². The first-order chi connectivity index (χ1) is 13.9. The molecular weight excluding hydrogens is 368 g/mol. The summed E-state index contributed by atoms with van der Waals surface area (Å²) in [6.45, 7) is 3.19. The molecule has 2 aromatic rings. The van der Waals surface area contributed by atoms with E-state index >= 15 is 0 Å². The van der Waals surface area contributed by atoms with Gasteiger partial charge in [-0.3, -0.25) is 14.4 Å².